The Kier molecular flexibility index (Phi) is 4.87. The fraction of sp³-hybridized carbons (Fsp3) is 0.250. The molecule has 0 radical (unpaired) electrons. The van der Waals surface area contributed by atoms with Crippen LogP contribution in [0.3, 0.4) is 0 Å². The normalized spacial score (nSPS) is 10.9. The quantitative estimate of drug-likeness (QED) is 0.367. The van der Waals surface area contributed by atoms with Crippen molar-refractivity contribution in [3.8, 4) is 11.5 Å². The highest BCUT2D eigenvalue weighted by Gasteiger charge is 2.13. The maximum atomic E-state index is 10.7. The van der Waals surface area contributed by atoms with Crippen molar-refractivity contribution in [1.29, 1.82) is 0 Å². The van der Waals surface area contributed by atoms with Crippen molar-refractivity contribution in [3.63, 3.8) is 0 Å². The van der Waals surface area contributed by atoms with E-state index in [0.29, 0.717) is 12.4 Å². The number of nitro benzene ring substituents is 1. The van der Waals surface area contributed by atoms with Gasteiger partial charge in [0.15, 0.2) is 11.5 Å². The number of nitro groups is 1. The second kappa shape index (κ2) is 6.39. The summed E-state index contributed by atoms with van der Waals surface area (Å²) in [5.74, 6) is -0.660. The number of hydrogen-bond acceptors (Lipinski definition) is 5. The molecule has 0 saturated carbocycles. The standard InChI is InChI=1S/C12H13NO6/c1-3-18-10-5-4-9(13(16)17)7-11(10)19-8(2)6-12(14)15/h4-7H,3H2,1-2H3,(H,14,15)/b8-6+. The minimum Gasteiger partial charge on any atom is -0.490 e. The molecule has 0 aliphatic heterocycles. The van der Waals surface area contributed by atoms with Gasteiger partial charge in [-0.15, -0.1) is 0 Å². The van der Waals surface area contributed by atoms with Crippen molar-refractivity contribution in [2.45, 2.75) is 13.8 Å². The summed E-state index contributed by atoms with van der Waals surface area (Å²) in [6, 6.07) is 3.88. The number of allylic oxidation sites excluding steroid dienone is 1. The van der Waals surface area contributed by atoms with E-state index < -0.39 is 10.9 Å². The van der Waals surface area contributed by atoms with Gasteiger partial charge in [-0.05, 0) is 19.9 Å². The van der Waals surface area contributed by atoms with E-state index in [1.165, 1.54) is 25.1 Å². The van der Waals surface area contributed by atoms with E-state index >= 15 is 0 Å². The van der Waals surface area contributed by atoms with Gasteiger partial charge in [-0.1, -0.05) is 0 Å². The zero-order chi connectivity index (χ0) is 14.4. The van der Waals surface area contributed by atoms with Crippen molar-refractivity contribution in [1.82, 2.24) is 0 Å². The molecule has 1 aromatic carbocycles. The summed E-state index contributed by atoms with van der Waals surface area (Å²) in [6.45, 7) is 3.55. The first-order valence-corrected chi connectivity index (χ1v) is 5.44. The van der Waals surface area contributed by atoms with Gasteiger partial charge in [0, 0.05) is 6.07 Å². The summed E-state index contributed by atoms with van der Waals surface area (Å²) in [5, 5.41) is 19.3. The van der Waals surface area contributed by atoms with Crippen LogP contribution in [0.1, 0.15) is 13.8 Å². The van der Waals surface area contributed by atoms with Gasteiger partial charge in [0.2, 0.25) is 0 Å². The van der Waals surface area contributed by atoms with Crippen LogP contribution in [0, 0.1) is 10.1 Å². The lowest BCUT2D eigenvalue weighted by Gasteiger charge is -2.11. The lowest BCUT2D eigenvalue weighted by atomic mass is 10.3. The van der Waals surface area contributed by atoms with Crippen molar-refractivity contribution in [3.05, 3.63) is 40.1 Å². The van der Waals surface area contributed by atoms with E-state index in [9.17, 15) is 14.9 Å². The Balaban J connectivity index is 3.10. The molecule has 0 unspecified atom stereocenters. The lowest BCUT2D eigenvalue weighted by molar-refractivity contribution is -0.384. The molecule has 0 amide bonds. The number of benzene rings is 1. The first-order valence-electron chi connectivity index (χ1n) is 5.44. The van der Waals surface area contributed by atoms with E-state index in [-0.39, 0.29) is 17.2 Å². The van der Waals surface area contributed by atoms with Gasteiger partial charge in [0.1, 0.15) is 5.76 Å². The molecule has 7 nitrogen and oxygen atoms in total. The molecule has 7 heteroatoms. The molecule has 19 heavy (non-hydrogen) atoms. The maximum Gasteiger partial charge on any atom is 0.331 e. The number of rotatable bonds is 6. The third-order valence-electron chi connectivity index (χ3n) is 2.04. The van der Waals surface area contributed by atoms with Crippen LogP contribution < -0.4 is 9.47 Å². The third-order valence-corrected chi connectivity index (χ3v) is 2.04. The average molecular weight is 267 g/mol. The second-order valence-corrected chi connectivity index (χ2v) is 3.52. The Morgan fingerprint density at radius 1 is 1.47 bits per heavy atom. The fourth-order valence-electron chi connectivity index (χ4n) is 1.34. The highest BCUT2D eigenvalue weighted by molar-refractivity contribution is 5.80. The number of carboxylic acid groups (broad SMARTS) is 1. The van der Waals surface area contributed by atoms with Crippen LogP contribution >= 0.6 is 0 Å². The molecule has 1 rings (SSSR count). The summed E-state index contributed by atoms with van der Waals surface area (Å²) in [5.41, 5.74) is -0.165. The Bertz CT molecular complexity index is 523. The number of ether oxygens (including phenoxy) is 2. The van der Waals surface area contributed by atoms with Gasteiger partial charge >= 0.3 is 5.97 Å². The predicted octanol–water partition coefficient (Wildman–Crippen LogP) is 2.36. The number of aliphatic carboxylic acids is 1. The third kappa shape index (κ3) is 4.30. The molecule has 0 bridgehead atoms. The molecule has 1 N–H and O–H groups in total. The van der Waals surface area contributed by atoms with E-state index in [0.717, 1.165) is 6.08 Å². The van der Waals surface area contributed by atoms with E-state index in [1.807, 2.05) is 0 Å². The molecule has 102 valence electrons. The molecular weight excluding hydrogens is 254 g/mol. The summed E-state index contributed by atoms with van der Waals surface area (Å²) < 4.78 is 10.5. The highest BCUT2D eigenvalue weighted by atomic mass is 16.6. The SMILES string of the molecule is CCOc1ccc([N+](=O)[O-])cc1O/C(C)=C/C(=O)O. The first kappa shape index (κ1) is 14.5. The minimum atomic E-state index is -1.17. The Morgan fingerprint density at radius 2 is 2.16 bits per heavy atom. The summed E-state index contributed by atoms with van der Waals surface area (Å²) >= 11 is 0. The van der Waals surface area contributed by atoms with Crippen LogP contribution in [0.4, 0.5) is 5.69 Å². The Labute approximate surface area is 109 Å². The second-order valence-electron chi connectivity index (χ2n) is 3.52. The summed E-state index contributed by atoms with van der Waals surface area (Å²) in [6.07, 6.45) is 0.856. The Morgan fingerprint density at radius 3 is 2.68 bits per heavy atom. The molecule has 0 spiro atoms. The van der Waals surface area contributed by atoms with Gasteiger partial charge in [-0.25, -0.2) is 4.79 Å². The van der Waals surface area contributed by atoms with Crippen molar-refractivity contribution in [2.75, 3.05) is 6.61 Å². The van der Waals surface area contributed by atoms with Crippen LogP contribution in [0.25, 0.3) is 0 Å². The number of non-ortho nitro benzene ring substituents is 1. The number of nitrogens with zero attached hydrogens (tertiary/aromatic N) is 1. The van der Waals surface area contributed by atoms with Gasteiger partial charge in [-0.2, -0.15) is 0 Å². The van der Waals surface area contributed by atoms with Crippen LogP contribution in [-0.2, 0) is 4.79 Å². The highest BCUT2D eigenvalue weighted by Crippen LogP contribution is 2.32. The van der Waals surface area contributed by atoms with E-state index in [4.69, 9.17) is 14.6 Å². The molecule has 1 aromatic rings. The smallest absolute Gasteiger partial charge is 0.331 e. The molecule has 0 atom stereocenters. The van der Waals surface area contributed by atoms with Crippen LogP contribution in [0.5, 0.6) is 11.5 Å². The van der Waals surface area contributed by atoms with Gasteiger partial charge in [0.25, 0.3) is 5.69 Å². The zero-order valence-electron chi connectivity index (χ0n) is 10.5. The summed E-state index contributed by atoms with van der Waals surface area (Å²) in [4.78, 5) is 20.6. The van der Waals surface area contributed by atoms with E-state index in [2.05, 4.69) is 0 Å². The molecule has 0 saturated heterocycles. The topological polar surface area (TPSA) is 98.9 Å². The molecule has 0 heterocycles. The number of hydrogen-bond donors (Lipinski definition) is 1. The van der Waals surface area contributed by atoms with Gasteiger partial charge in [-0.3, -0.25) is 10.1 Å². The molecule has 0 fully saturated rings. The monoisotopic (exact) mass is 267 g/mol. The van der Waals surface area contributed by atoms with Crippen molar-refractivity contribution < 1.29 is 24.3 Å². The van der Waals surface area contributed by atoms with Crippen molar-refractivity contribution >= 4 is 11.7 Å². The largest absolute Gasteiger partial charge is 0.490 e. The average Bonchev–Trinajstić information content (AvgIpc) is 2.30. The van der Waals surface area contributed by atoms with Crippen LogP contribution in [0.15, 0.2) is 30.0 Å². The predicted molar refractivity (Wildman–Crippen MR) is 66.3 cm³/mol. The minimum absolute atomic E-state index is 0.0916. The molecule has 0 aromatic heterocycles. The van der Waals surface area contributed by atoms with Crippen LogP contribution in [0.2, 0.25) is 0 Å². The molecular formula is C12H13NO6. The fourth-order valence-corrected chi connectivity index (χ4v) is 1.34. The van der Waals surface area contributed by atoms with E-state index in [1.54, 1.807) is 6.92 Å². The molecule has 0 aliphatic carbocycles. The van der Waals surface area contributed by atoms with Crippen LogP contribution in [-0.4, -0.2) is 22.6 Å². The number of carboxylic acids is 1. The van der Waals surface area contributed by atoms with Crippen molar-refractivity contribution in [2.24, 2.45) is 0 Å². The lowest BCUT2D eigenvalue weighted by Crippen LogP contribution is -2.00. The number of carbonyl (C=O) groups is 1. The first-order chi connectivity index (χ1) is 8.93. The summed E-state index contributed by atoms with van der Waals surface area (Å²) in [7, 11) is 0. The maximum absolute atomic E-state index is 10.7. The van der Waals surface area contributed by atoms with Gasteiger partial charge in [0.05, 0.1) is 23.7 Å². The molecule has 0 aliphatic rings. The van der Waals surface area contributed by atoms with Gasteiger partial charge < -0.3 is 14.6 Å². The zero-order valence-corrected chi connectivity index (χ0v) is 10.5. The Hall–Kier alpha value is -2.57.